The summed E-state index contributed by atoms with van der Waals surface area (Å²) in [4.78, 5) is 19.9. The van der Waals surface area contributed by atoms with Crippen LogP contribution >= 0.6 is 0 Å². The quantitative estimate of drug-likeness (QED) is 0.524. The Hall–Kier alpha value is -3.55. The highest BCUT2D eigenvalue weighted by Gasteiger charge is 2.16. The van der Waals surface area contributed by atoms with Crippen molar-refractivity contribution in [2.45, 2.75) is 13.5 Å². The fourth-order valence-corrected chi connectivity index (χ4v) is 3.95. The number of rotatable bonds is 5. The van der Waals surface area contributed by atoms with Crippen LogP contribution in [0.2, 0.25) is 0 Å². The Kier molecular flexibility index (Phi) is 5.66. The van der Waals surface area contributed by atoms with Gasteiger partial charge in [-0.25, -0.2) is 9.67 Å². The molecular weight excluding hydrogens is 402 g/mol. The Morgan fingerprint density at radius 1 is 1.03 bits per heavy atom. The van der Waals surface area contributed by atoms with Crippen molar-refractivity contribution < 1.29 is 9.53 Å². The number of amides is 1. The van der Waals surface area contributed by atoms with Crippen LogP contribution in [0.5, 0.6) is 0 Å². The summed E-state index contributed by atoms with van der Waals surface area (Å²) in [6, 6.07) is 19.9. The zero-order chi connectivity index (χ0) is 21.9. The number of nitrogens with zero attached hydrogens (tertiary/aromatic N) is 4. The van der Waals surface area contributed by atoms with Crippen molar-refractivity contribution in [1.82, 2.24) is 19.7 Å². The first-order valence-corrected chi connectivity index (χ1v) is 10.8. The predicted octanol–water partition coefficient (Wildman–Crippen LogP) is 3.81. The number of nitrogens with one attached hydrogen (secondary N) is 1. The maximum absolute atomic E-state index is 12.9. The Morgan fingerprint density at radius 2 is 1.81 bits per heavy atom. The number of hydrogen-bond acceptors (Lipinski definition) is 5. The molecule has 1 fully saturated rings. The summed E-state index contributed by atoms with van der Waals surface area (Å²) in [7, 11) is 0. The number of pyridine rings is 1. The van der Waals surface area contributed by atoms with Gasteiger partial charge < -0.3 is 10.1 Å². The molecule has 0 radical (unpaired) electrons. The van der Waals surface area contributed by atoms with Gasteiger partial charge in [0.15, 0.2) is 5.82 Å². The third-order valence-electron chi connectivity index (χ3n) is 5.78. The van der Waals surface area contributed by atoms with E-state index in [0.29, 0.717) is 11.4 Å². The van der Waals surface area contributed by atoms with Crippen LogP contribution in [0, 0.1) is 6.92 Å². The average molecular weight is 428 g/mol. The van der Waals surface area contributed by atoms with Crippen LogP contribution in [-0.2, 0) is 11.3 Å². The summed E-state index contributed by atoms with van der Waals surface area (Å²) in [5, 5.41) is 8.46. The van der Waals surface area contributed by atoms with Gasteiger partial charge in [0, 0.05) is 30.7 Å². The summed E-state index contributed by atoms with van der Waals surface area (Å²) in [6.45, 7) is 6.25. The van der Waals surface area contributed by atoms with E-state index in [1.165, 1.54) is 5.56 Å². The van der Waals surface area contributed by atoms with Crippen molar-refractivity contribution in [3.8, 4) is 5.82 Å². The SMILES string of the molecule is Cc1c(C(=O)Nc2ccc(CN3CCOCC3)cc2)cnn1-c1ccc2ccccc2n1. The molecule has 2 aromatic carbocycles. The van der Waals surface area contributed by atoms with E-state index in [1.807, 2.05) is 55.5 Å². The minimum absolute atomic E-state index is 0.185. The lowest BCUT2D eigenvalue weighted by Gasteiger charge is -2.26. The second-order valence-corrected chi connectivity index (χ2v) is 7.96. The highest BCUT2D eigenvalue weighted by atomic mass is 16.5. The molecule has 0 saturated carbocycles. The number of anilines is 1. The Bertz CT molecular complexity index is 1240. The molecular formula is C25H25N5O2. The number of ether oxygens (including phenoxy) is 1. The zero-order valence-electron chi connectivity index (χ0n) is 18.0. The normalized spacial score (nSPS) is 14.5. The molecule has 3 heterocycles. The first-order valence-electron chi connectivity index (χ1n) is 10.8. The molecule has 1 amide bonds. The topological polar surface area (TPSA) is 72.3 Å². The maximum atomic E-state index is 12.9. The Morgan fingerprint density at radius 3 is 2.62 bits per heavy atom. The van der Waals surface area contributed by atoms with E-state index < -0.39 is 0 Å². The van der Waals surface area contributed by atoms with Gasteiger partial charge >= 0.3 is 0 Å². The lowest BCUT2D eigenvalue weighted by Crippen LogP contribution is -2.35. The third kappa shape index (κ3) is 4.26. The van der Waals surface area contributed by atoms with Gasteiger partial charge in [-0.2, -0.15) is 5.10 Å². The first kappa shape index (κ1) is 20.4. The molecule has 1 N–H and O–H groups in total. The molecule has 1 aliphatic rings. The molecule has 0 aliphatic carbocycles. The van der Waals surface area contributed by atoms with Gasteiger partial charge in [-0.3, -0.25) is 9.69 Å². The minimum atomic E-state index is -0.185. The predicted molar refractivity (Wildman–Crippen MR) is 124 cm³/mol. The summed E-state index contributed by atoms with van der Waals surface area (Å²) in [5.74, 6) is 0.503. The number of carbonyl (C=O) groups is 1. The standard InChI is InChI=1S/C25H25N5O2/c1-18-22(16-26-30(18)24-11-8-20-4-2-3-5-23(20)28-24)25(31)27-21-9-6-19(7-10-21)17-29-12-14-32-15-13-29/h2-11,16H,12-15,17H2,1H3,(H,27,31). The van der Waals surface area contributed by atoms with Crippen LogP contribution in [0.15, 0.2) is 66.9 Å². The van der Waals surface area contributed by atoms with Gasteiger partial charge in [0.2, 0.25) is 0 Å². The van der Waals surface area contributed by atoms with E-state index in [1.54, 1.807) is 10.9 Å². The molecule has 0 atom stereocenters. The van der Waals surface area contributed by atoms with Gasteiger partial charge in [0.1, 0.15) is 0 Å². The molecule has 5 rings (SSSR count). The number of carbonyl (C=O) groups excluding carboxylic acids is 1. The molecule has 0 spiro atoms. The Balaban J connectivity index is 1.29. The number of fused-ring (bicyclic) bond motifs is 1. The molecule has 1 saturated heterocycles. The molecule has 162 valence electrons. The highest BCUT2D eigenvalue weighted by Crippen LogP contribution is 2.19. The number of aromatic nitrogens is 3. The van der Waals surface area contributed by atoms with Gasteiger partial charge in [-0.05, 0) is 42.8 Å². The van der Waals surface area contributed by atoms with E-state index in [9.17, 15) is 4.79 Å². The minimum Gasteiger partial charge on any atom is -0.379 e. The van der Waals surface area contributed by atoms with E-state index in [2.05, 4.69) is 32.4 Å². The van der Waals surface area contributed by atoms with Crippen molar-refractivity contribution in [3.05, 3.63) is 83.7 Å². The average Bonchev–Trinajstić information content (AvgIpc) is 3.22. The van der Waals surface area contributed by atoms with Crippen LogP contribution in [0.1, 0.15) is 21.6 Å². The second-order valence-electron chi connectivity index (χ2n) is 7.96. The van der Waals surface area contributed by atoms with E-state index >= 15 is 0 Å². The molecule has 32 heavy (non-hydrogen) atoms. The van der Waals surface area contributed by atoms with E-state index in [4.69, 9.17) is 4.74 Å². The van der Waals surface area contributed by atoms with Crippen LogP contribution in [0.3, 0.4) is 0 Å². The highest BCUT2D eigenvalue weighted by molar-refractivity contribution is 6.05. The Labute approximate surface area is 186 Å². The van der Waals surface area contributed by atoms with Crippen LogP contribution < -0.4 is 5.32 Å². The molecule has 2 aromatic heterocycles. The number of benzene rings is 2. The number of para-hydroxylation sites is 1. The van der Waals surface area contributed by atoms with Gasteiger partial charge in [0.05, 0.1) is 36.2 Å². The lowest BCUT2D eigenvalue weighted by atomic mass is 10.1. The molecule has 0 bridgehead atoms. The molecule has 4 aromatic rings. The smallest absolute Gasteiger partial charge is 0.259 e. The fourth-order valence-electron chi connectivity index (χ4n) is 3.95. The number of morpholine rings is 1. The zero-order valence-corrected chi connectivity index (χ0v) is 18.0. The fraction of sp³-hybridized carbons (Fsp3) is 0.240. The molecule has 7 heteroatoms. The van der Waals surface area contributed by atoms with Crippen molar-refractivity contribution in [1.29, 1.82) is 0 Å². The molecule has 7 nitrogen and oxygen atoms in total. The summed E-state index contributed by atoms with van der Waals surface area (Å²) >= 11 is 0. The summed E-state index contributed by atoms with van der Waals surface area (Å²) in [6.07, 6.45) is 1.59. The lowest BCUT2D eigenvalue weighted by molar-refractivity contribution is 0.0342. The van der Waals surface area contributed by atoms with Crippen molar-refractivity contribution in [2.75, 3.05) is 31.6 Å². The van der Waals surface area contributed by atoms with Gasteiger partial charge in [-0.1, -0.05) is 30.3 Å². The summed E-state index contributed by atoms with van der Waals surface area (Å²) < 4.78 is 7.10. The second kappa shape index (κ2) is 8.90. The van der Waals surface area contributed by atoms with Crippen molar-refractivity contribution in [2.24, 2.45) is 0 Å². The maximum Gasteiger partial charge on any atom is 0.259 e. The third-order valence-corrected chi connectivity index (χ3v) is 5.78. The van der Waals surface area contributed by atoms with Crippen LogP contribution in [0.4, 0.5) is 5.69 Å². The molecule has 1 aliphatic heterocycles. The first-order chi connectivity index (χ1) is 15.7. The van der Waals surface area contributed by atoms with Crippen LogP contribution in [-0.4, -0.2) is 51.9 Å². The van der Waals surface area contributed by atoms with Crippen LogP contribution in [0.25, 0.3) is 16.7 Å². The van der Waals surface area contributed by atoms with E-state index in [-0.39, 0.29) is 5.91 Å². The monoisotopic (exact) mass is 427 g/mol. The summed E-state index contributed by atoms with van der Waals surface area (Å²) in [5.41, 5.74) is 4.14. The van der Waals surface area contributed by atoms with Gasteiger partial charge in [-0.15, -0.1) is 0 Å². The van der Waals surface area contributed by atoms with Gasteiger partial charge in [0.25, 0.3) is 5.91 Å². The van der Waals surface area contributed by atoms with Crippen molar-refractivity contribution >= 4 is 22.5 Å². The number of hydrogen-bond donors (Lipinski definition) is 1. The molecule has 0 unspecified atom stereocenters. The largest absolute Gasteiger partial charge is 0.379 e. The van der Waals surface area contributed by atoms with Crippen molar-refractivity contribution in [3.63, 3.8) is 0 Å². The van der Waals surface area contributed by atoms with E-state index in [0.717, 1.165) is 55.1 Å².